The van der Waals surface area contributed by atoms with E-state index >= 15 is 0 Å². The Kier molecular flexibility index (Phi) is 3.81. The number of rotatable bonds is 4. The molecule has 1 fully saturated rings. The summed E-state index contributed by atoms with van der Waals surface area (Å²) in [5, 5.41) is 4.85. The lowest BCUT2D eigenvalue weighted by Crippen LogP contribution is -2.38. The number of nitrogens with zero attached hydrogens (tertiary/aromatic N) is 2. The van der Waals surface area contributed by atoms with Gasteiger partial charge >= 0.3 is 0 Å². The van der Waals surface area contributed by atoms with Gasteiger partial charge in [-0.1, -0.05) is 11.6 Å². The number of aromatic nitrogens is 2. The molecule has 0 spiro atoms. The predicted octanol–water partition coefficient (Wildman–Crippen LogP) is 1.24. The van der Waals surface area contributed by atoms with E-state index in [1.54, 1.807) is 6.20 Å². The molecule has 0 saturated carbocycles. The summed E-state index contributed by atoms with van der Waals surface area (Å²) in [6.45, 7) is 3.59. The van der Waals surface area contributed by atoms with Crippen molar-refractivity contribution in [2.75, 3.05) is 6.61 Å². The first-order chi connectivity index (χ1) is 7.77. The lowest BCUT2D eigenvalue weighted by Gasteiger charge is -2.23. The van der Waals surface area contributed by atoms with Crippen LogP contribution in [-0.2, 0) is 11.3 Å². The van der Waals surface area contributed by atoms with E-state index < -0.39 is 0 Å². The third-order valence-corrected chi connectivity index (χ3v) is 3.23. The van der Waals surface area contributed by atoms with E-state index in [2.05, 4.69) is 10.5 Å². The summed E-state index contributed by atoms with van der Waals surface area (Å²) >= 11 is 6.14. The minimum absolute atomic E-state index is 0.0857. The van der Waals surface area contributed by atoms with Gasteiger partial charge in [0.05, 0.1) is 29.1 Å². The molecule has 2 heterocycles. The standard InChI is InChI=1S/C10H17ClN4O/c1-2-15-10(7(11)6-13-15)9(14-12)8-4-3-5-16-8/h6,8-9,14H,2-5,12H2,1H3. The van der Waals surface area contributed by atoms with Crippen LogP contribution in [0.15, 0.2) is 6.20 Å². The number of hydrazine groups is 1. The number of ether oxygens (including phenoxy) is 1. The fourth-order valence-corrected chi connectivity index (χ4v) is 2.42. The summed E-state index contributed by atoms with van der Waals surface area (Å²) in [5.74, 6) is 5.61. The summed E-state index contributed by atoms with van der Waals surface area (Å²) in [6, 6.07) is -0.0857. The van der Waals surface area contributed by atoms with Gasteiger partial charge in [0.2, 0.25) is 0 Å². The first-order valence-electron chi connectivity index (χ1n) is 5.56. The van der Waals surface area contributed by atoms with Crippen LogP contribution < -0.4 is 11.3 Å². The van der Waals surface area contributed by atoms with Crippen molar-refractivity contribution in [1.29, 1.82) is 0 Å². The number of halogens is 1. The van der Waals surface area contributed by atoms with Crippen molar-refractivity contribution in [2.45, 2.75) is 38.5 Å². The highest BCUT2D eigenvalue weighted by molar-refractivity contribution is 6.31. The zero-order chi connectivity index (χ0) is 11.5. The van der Waals surface area contributed by atoms with Crippen LogP contribution in [0, 0.1) is 0 Å². The molecule has 6 heteroatoms. The summed E-state index contributed by atoms with van der Waals surface area (Å²) in [4.78, 5) is 0. The van der Waals surface area contributed by atoms with Gasteiger partial charge in [-0.2, -0.15) is 5.10 Å². The van der Waals surface area contributed by atoms with E-state index in [1.165, 1.54) is 0 Å². The Hall–Kier alpha value is -0.620. The SMILES string of the molecule is CCn1ncc(Cl)c1C(NN)C1CCCO1. The van der Waals surface area contributed by atoms with Gasteiger partial charge in [0.15, 0.2) is 0 Å². The Labute approximate surface area is 99.9 Å². The minimum atomic E-state index is -0.0857. The predicted molar refractivity (Wildman–Crippen MR) is 61.9 cm³/mol. The second-order valence-corrected chi connectivity index (χ2v) is 4.30. The zero-order valence-corrected chi connectivity index (χ0v) is 10.1. The lowest BCUT2D eigenvalue weighted by molar-refractivity contribution is 0.0756. The average Bonchev–Trinajstić information content (AvgIpc) is 2.91. The number of aryl methyl sites for hydroxylation is 1. The van der Waals surface area contributed by atoms with Gasteiger partial charge in [0.1, 0.15) is 0 Å². The van der Waals surface area contributed by atoms with Gasteiger partial charge in [-0.25, -0.2) is 5.43 Å². The Bertz CT molecular complexity index is 349. The van der Waals surface area contributed by atoms with Crippen molar-refractivity contribution in [3.8, 4) is 0 Å². The molecule has 1 aliphatic rings. The van der Waals surface area contributed by atoms with Gasteiger partial charge in [-0.3, -0.25) is 10.5 Å². The Morgan fingerprint density at radius 2 is 2.62 bits per heavy atom. The number of hydrogen-bond donors (Lipinski definition) is 2. The maximum Gasteiger partial charge on any atom is 0.0905 e. The van der Waals surface area contributed by atoms with Crippen LogP contribution >= 0.6 is 11.6 Å². The molecular weight excluding hydrogens is 228 g/mol. The van der Waals surface area contributed by atoms with Gasteiger partial charge in [-0.05, 0) is 19.8 Å². The molecule has 0 aromatic carbocycles. The molecule has 1 aromatic rings. The molecule has 0 radical (unpaired) electrons. The molecule has 0 aliphatic carbocycles. The second-order valence-electron chi connectivity index (χ2n) is 3.89. The van der Waals surface area contributed by atoms with Crippen molar-refractivity contribution < 1.29 is 4.74 Å². The van der Waals surface area contributed by atoms with E-state index in [0.29, 0.717) is 5.02 Å². The highest BCUT2D eigenvalue weighted by Gasteiger charge is 2.30. The molecule has 2 atom stereocenters. The number of hydrogen-bond acceptors (Lipinski definition) is 4. The Morgan fingerprint density at radius 1 is 1.81 bits per heavy atom. The van der Waals surface area contributed by atoms with Crippen molar-refractivity contribution in [1.82, 2.24) is 15.2 Å². The highest BCUT2D eigenvalue weighted by atomic mass is 35.5. The molecule has 3 N–H and O–H groups in total. The monoisotopic (exact) mass is 244 g/mol. The molecule has 5 nitrogen and oxygen atoms in total. The van der Waals surface area contributed by atoms with Gasteiger partial charge in [-0.15, -0.1) is 0 Å². The topological polar surface area (TPSA) is 65.1 Å². The molecule has 2 unspecified atom stereocenters. The smallest absolute Gasteiger partial charge is 0.0905 e. The summed E-state index contributed by atoms with van der Waals surface area (Å²) in [7, 11) is 0. The molecule has 90 valence electrons. The van der Waals surface area contributed by atoms with E-state index in [0.717, 1.165) is 31.7 Å². The van der Waals surface area contributed by atoms with Crippen molar-refractivity contribution in [3.05, 3.63) is 16.9 Å². The highest BCUT2D eigenvalue weighted by Crippen LogP contribution is 2.30. The van der Waals surface area contributed by atoms with E-state index in [-0.39, 0.29) is 12.1 Å². The van der Waals surface area contributed by atoms with E-state index in [1.807, 2.05) is 11.6 Å². The fourth-order valence-electron chi connectivity index (χ4n) is 2.16. The molecule has 1 saturated heterocycles. The van der Waals surface area contributed by atoms with Crippen LogP contribution in [0.25, 0.3) is 0 Å². The number of nitrogens with one attached hydrogen (secondary N) is 1. The van der Waals surface area contributed by atoms with Crippen molar-refractivity contribution in [3.63, 3.8) is 0 Å². The third-order valence-electron chi connectivity index (χ3n) is 2.94. The molecular formula is C10H17ClN4O. The third kappa shape index (κ3) is 2.08. The zero-order valence-electron chi connectivity index (χ0n) is 9.32. The average molecular weight is 245 g/mol. The van der Waals surface area contributed by atoms with Crippen LogP contribution in [0.1, 0.15) is 31.5 Å². The largest absolute Gasteiger partial charge is 0.376 e. The summed E-state index contributed by atoms with van der Waals surface area (Å²) < 4.78 is 7.50. The van der Waals surface area contributed by atoms with Gasteiger partial charge < -0.3 is 4.74 Å². The van der Waals surface area contributed by atoms with Gasteiger partial charge in [0.25, 0.3) is 0 Å². The first kappa shape index (κ1) is 11.9. The van der Waals surface area contributed by atoms with E-state index in [4.69, 9.17) is 22.2 Å². The molecule has 16 heavy (non-hydrogen) atoms. The van der Waals surface area contributed by atoms with Crippen molar-refractivity contribution >= 4 is 11.6 Å². The first-order valence-corrected chi connectivity index (χ1v) is 5.94. The van der Waals surface area contributed by atoms with Crippen LogP contribution in [0.4, 0.5) is 0 Å². The van der Waals surface area contributed by atoms with Crippen LogP contribution in [0.3, 0.4) is 0 Å². The fraction of sp³-hybridized carbons (Fsp3) is 0.700. The molecule has 0 bridgehead atoms. The summed E-state index contributed by atoms with van der Waals surface area (Å²) in [5.41, 5.74) is 3.71. The maximum absolute atomic E-state index is 6.14. The molecule has 1 aliphatic heterocycles. The molecule has 0 amide bonds. The quantitative estimate of drug-likeness (QED) is 0.618. The maximum atomic E-state index is 6.14. The lowest BCUT2D eigenvalue weighted by atomic mass is 10.1. The second kappa shape index (κ2) is 5.14. The van der Waals surface area contributed by atoms with Crippen LogP contribution in [0.5, 0.6) is 0 Å². The molecule has 2 rings (SSSR count). The van der Waals surface area contributed by atoms with Gasteiger partial charge in [0, 0.05) is 13.2 Å². The van der Waals surface area contributed by atoms with E-state index in [9.17, 15) is 0 Å². The normalized spacial score (nSPS) is 22.6. The molecule has 1 aromatic heterocycles. The Balaban J connectivity index is 2.27. The van der Waals surface area contributed by atoms with Crippen LogP contribution in [-0.4, -0.2) is 22.5 Å². The Morgan fingerprint density at radius 3 is 3.19 bits per heavy atom. The van der Waals surface area contributed by atoms with Crippen LogP contribution in [0.2, 0.25) is 5.02 Å². The summed E-state index contributed by atoms with van der Waals surface area (Å²) in [6.07, 6.45) is 3.81. The van der Waals surface area contributed by atoms with Crippen molar-refractivity contribution in [2.24, 2.45) is 5.84 Å². The number of nitrogens with two attached hydrogens (primary N) is 1. The minimum Gasteiger partial charge on any atom is -0.376 e.